The summed E-state index contributed by atoms with van der Waals surface area (Å²) in [5, 5.41) is 1.42. The zero-order valence-electron chi connectivity index (χ0n) is 16.8. The van der Waals surface area contributed by atoms with Crippen molar-refractivity contribution in [3.8, 4) is 5.75 Å². The number of aryl methyl sites for hydroxylation is 2. The molecular weight excluding hydrogens is 340 g/mol. The number of methoxy groups -OCH3 is 1. The average molecular weight is 368 g/mol. The van der Waals surface area contributed by atoms with Crippen LogP contribution in [0.5, 0.6) is 5.75 Å². The number of hydrogen-bond donors (Lipinski definition) is 1. The molecule has 0 atom stereocenters. The monoisotopic (exact) mass is 368 g/mol. The van der Waals surface area contributed by atoms with E-state index in [0.717, 1.165) is 29.5 Å². The smallest absolute Gasteiger partial charge is 0.272 e. The number of ether oxygens (including phenoxy) is 1. The van der Waals surface area contributed by atoms with Gasteiger partial charge >= 0.3 is 0 Å². The first-order valence-corrected chi connectivity index (χ1v) is 9.22. The second-order valence-electron chi connectivity index (χ2n) is 6.76. The Labute approximate surface area is 161 Å². The minimum atomic E-state index is -0.319. The molecule has 5 heteroatoms. The van der Waals surface area contributed by atoms with Crippen LogP contribution in [0.1, 0.15) is 57.2 Å². The zero-order valence-corrected chi connectivity index (χ0v) is 16.8. The van der Waals surface area contributed by atoms with E-state index in [2.05, 4.69) is 5.43 Å². The fraction of sp³-hybridized carbons (Fsp3) is 0.364. The molecule has 0 aliphatic rings. The van der Waals surface area contributed by atoms with Gasteiger partial charge in [0, 0.05) is 23.2 Å². The Balaban J connectivity index is 2.28. The van der Waals surface area contributed by atoms with Crippen molar-refractivity contribution in [2.45, 2.75) is 40.5 Å². The number of unbranched alkanes of at least 4 members (excludes halogenated alkanes) is 1. The van der Waals surface area contributed by atoms with Crippen molar-refractivity contribution < 1.29 is 14.3 Å². The van der Waals surface area contributed by atoms with Crippen LogP contribution < -0.4 is 10.2 Å². The average Bonchev–Trinajstić information content (AvgIpc) is 2.63. The molecule has 5 nitrogen and oxygen atoms in total. The van der Waals surface area contributed by atoms with Gasteiger partial charge in [0.15, 0.2) is 0 Å². The fourth-order valence-electron chi connectivity index (χ4n) is 3.04. The number of rotatable bonds is 6. The highest BCUT2D eigenvalue weighted by molar-refractivity contribution is 6.00. The molecule has 0 saturated heterocycles. The molecule has 0 bridgehead atoms. The molecule has 144 valence electrons. The van der Waals surface area contributed by atoms with Crippen molar-refractivity contribution in [1.82, 2.24) is 10.4 Å². The van der Waals surface area contributed by atoms with E-state index in [9.17, 15) is 9.59 Å². The van der Waals surface area contributed by atoms with Crippen LogP contribution in [0.4, 0.5) is 0 Å². The van der Waals surface area contributed by atoms with Gasteiger partial charge in [-0.25, -0.2) is 5.01 Å². The highest BCUT2D eigenvalue weighted by Crippen LogP contribution is 2.21. The van der Waals surface area contributed by atoms with E-state index in [-0.39, 0.29) is 11.8 Å². The van der Waals surface area contributed by atoms with Gasteiger partial charge in [0.25, 0.3) is 11.8 Å². The van der Waals surface area contributed by atoms with Crippen LogP contribution >= 0.6 is 0 Å². The number of nitrogens with one attached hydrogen (secondary N) is 1. The molecule has 2 aromatic carbocycles. The van der Waals surface area contributed by atoms with Gasteiger partial charge < -0.3 is 4.74 Å². The van der Waals surface area contributed by atoms with Crippen LogP contribution in [-0.2, 0) is 0 Å². The van der Waals surface area contributed by atoms with E-state index in [1.807, 2.05) is 52.0 Å². The van der Waals surface area contributed by atoms with Gasteiger partial charge in [0.1, 0.15) is 5.75 Å². The SMILES string of the molecule is CCCCN(NC(=O)c1cccc(OC)c1C)C(=O)c1cc(C)cc(C)c1. The summed E-state index contributed by atoms with van der Waals surface area (Å²) < 4.78 is 5.29. The molecule has 0 aliphatic heterocycles. The van der Waals surface area contributed by atoms with Crippen LogP contribution in [0.25, 0.3) is 0 Å². The van der Waals surface area contributed by atoms with Gasteiger partial charge in [0.2, 0.25) is 0 Å². The summed E-state index contributed by atoms with van der Waals surface area (Å²) in [6.07, 6.45) is 1.72. The molecule has 0 saturated carbocycles. The first-order valence-electron chi connectivity index (χ1n) is 9.22. The molecule has 2 amide bonds. The summed E-state index contributed by atoms with van der Waals surface area (Å²) in [6, 6.07) is 11.0. The van der Waals surface area contributed by atoms with Crippen LogP contribution in [0.2, 0.25) is 0 Å². The molecule has 2 rings (SSSR count). The second-order valence-corrected chi connectivity index (χ2v) is 6.76. The molecule has 2 aromatic rings. The molecule has 0 spiro atoms. The molecule has 1 N–H and O–H groups in total. The van der Waals surface area contributed by atoms with Crippen molar-refractivity contribution >= 4 is 11.8 Å². The van der Waals surface area contributed by atoms with Crippen LogP contribution in [0.3, 0.4) is 0 Å². The second kappa shape index (κ2) is 9.21. The maximum absolute atomic E-state index is 13.0. The van der Waals surface area contributed by atoms with Gasteiger partial charge in [-0.2, -0.15) is 0 Å². The molecule has 0 radical (unpaired) electrons. The van der Waals surface area contributed by atoms with Gasteiger partial charge in [-0.15, -0.1) is 0 Å². The molecule has 0 aromatic heterocycles. The first kappa shape index (κ1) is 20.5. The number of hydrazine groups is 1. The van der Waals surface area contributed by atoms with E-state index < -0.39 is 0 Å². The van der Waals surface area contributed by atoms with Crippen molar-refractivity contribution in [2.24, 2.45) is 0 Å². The van der Waals surface area contributed by atoms with Crippen molar-refractivity contribution in [1.29, 1.82) is 0 Å². The third-order valence-electron chi connectivity index (χ3n) is 4.43. The number of benzene rings is 2. The largest absolute Gasteiger partial charge is 0.496 e. The summed E-state index contributed by atoms with van der Waals surface area (Å²) in [7, 11) is 1.57. The molecule has 0 heterocycles. The fourth-order valence-corrected chi connectivity index (χ4v) is 3.04. The van der Waals surface area contributed by atoms with Crippen LogP contribution in [0.15, 0.2) is 36.4 Å². The Morgan fingerprint density at radius 2 is 1.74 bits per heavy atom. The molecule has 0 unspecified atom stereocenters. The number of amides is 2. The van der Waals surface area contributed by atoms with E-state index >= 15 is 0 Å². The Bertz CT molecular complexity index is 810. The minimum Gasteiger partial charge on any atom is -0.496 e. The number of nitrogens with zero attached hydrogens (tertiary/aromatic N) is 1. The topological polar surface area (TPSA) is 58.6 Å². The summed E-state index contributed by atoms with van der Waals surface area (Å²) in [4.78, 5) is 25.8. The maximum Gasteiger partial charge on any atom is 0.272 e. The third-order valence-corrected chi connectivity index (χ3v) is 4.43. The van der Waals surface area contributed by atoms with Crippen LogP contribution in [-0.4, -0.2) is 30.5 Å². The van der Waals surface area contributed by atoms with Gasteiger partial charge in [0.05, 0.1) is 7.11 Å². The summed E-state index contributed by atoms with van der Waals surface area (Å²) in [5.74, 6) is 0.118. The van der Waals surface area contributed by atoms with E-state index in [1.165, 1.54) is 5.01 Å². The third kappa shape index (κ3) is 5.09. The van der Waals surface area contributed by atoms with E-state index in [1.54, 1.807) is 19.2 Å². The number of carbonyl (C=O) groups excluding carboxylic acids is 2. The summed E-state index contributed by atoms with van der Waals surface area (Å²) >= 11 is 0. The highest BCUT2D eigenvalue weighted by Gasteiger charge is 2.20. The quantitative estimate of drug-likeness (QED) is 0.777. The summed E-state index contributed by atoms with van der Waals surface area (Å²) in [5.41, 5.74) is 6.63. The lowest BCUT2D eigenvalue weighted by molar-refractivity contribution is 0.0579. The lowest BCUT2D eigenvalue weighted by atomic mass is 10.1. The Hall–Kier alpha value is -2.82. The van der Waals surface area contributed by atoms with E-state index in [0.29, 0.717) is 23.4 Å². The van der Waals surface area contributed by atoms with Gasteiger partial charge in [-0.05, 0) is 51.5 Å². The normalized spacial score (nSPS) is 10.4. The van der Waals surface area contributed by atoms with Crippen LogP contribution in [0, 0.1) is 20.8 Å². The lowest BCUT2D eigenvalue weighted by Gasteiger charge is -2.24. The molecule has 0 fully saturated rings. The first-order chi connectivity index (χ1) is 12.9. The minimum absolute atomic E-state index is 0.204. The zero-order chi connectivity index (χ0) is 20.0. The van der Waals surface area contributed by atoms with Crippen molar-refractivity contribution in [3.63, 3.8) is 0 Å². The highest BCUT2D eigenvalue weighted by atomic mass is 16.5. The lowest BCUT2D eigenvalue weighted by Crippen LogP contribution is -2.47. The van der Waals surface area contributed by atoms with Crippen molar-refractivity contribution in [2.75, 3.05) is 13.7 Å². The Morgan fingerprint density at radius 3 is 2.33 bits per heavy atom. The van der Waals surface area contributed by atoms with Gasteiger partial charge in [-0.3, -0.25) is 15.0 Å². The number of hydrogen-bond acceptors (Lipinski definition) is 3. The summed E-state index contributed by atoms with van der Waals surface area (Å²) in [6.45, 7) is 8.25. The predicted octanol–water partition coefficient (Wildman–Crippen LogP) is 4.21. The molecular formula is C22H28N2O3. The predicted molar refractivity (Wildman–Crippen MR) is 107 cm³/mol. The maximum atomic E-state index is 13.0. The van der Waals surface area contributed by atoms with E-state index in [4.69, 9.17) is 4.74 Å². The van der Waals surface area contributed by atoms with Gasteiger partial charge in [-0.1, -0.05) is 36.6 Å². The Kier molecular flexibility index (Phi) is 6.99. The number of carbonyl (C=O) groups is 2. The molecule has 0 aliphatic carbocycles. The standard InChI is InChI=1S/C22H28N2O3/c1-6-7-11-24(22(26)18-13-15(2)12-16(3)14-18)23-21(25)19-9-8-10-20(27-5)17(19)4/h8-10,12-14H,6-7,11H2,1-5H3,(H,23,25). The van der Waals surface area contributed by atoms with Crippen molar-refractivity contribution in [3.05, 3.63) is 64.2 Å². The Morgan fingerprint density at radius 1 is 1.07 bits per heavy atom. The molecule has 27 heavy (non-hydrogen) atoms.